The summed E-state index contributed by atoms with van der Waals surface area (Å²) in [6.45, 7) is 0. The summed E-state index contributed by atoms with van der Waals surface area (Å²) in [7, 11) is 0. The number of hydrogen-bond acceptors (Lipinski definition) is 2. The third-order valence-corrected chi connectivity index (χ3v) is 3.46. The maximum Gasteiger partial charge on any atom is 0.123 e. The molecule has 0 radical (unpaired) electrons. The molecule has 0 saturated carbocycles. The van der Waals surface area contributed by atoms with Gasteiger partial charge < -0.3 is 5.11 Å². The average molecular weight is 250 g/mol. The van der Waals surface area contributed by atoms with Gasteiger partial charge in [-0.05, 0) is 59.3 Å². The van der Waals surface area contributed by atoms with E-state index >= 15 is 0 Å². The number of aliphatic hydroxyl groups is 1. The summed E-state index contributed by atoms with van der Waals surface area (Å²) < 4.78 is 12.7. The molecule has 90 valence electrons. The third-order valence-electron chi connectivity index (χ3n) is 2.73. The van der Waals surface area contributed by atoms with E-state index in [1.807, 2.05) is 5.38 Å². The van der Waals surface area contributed by atoms with Gasteiger partial charge in [0, 0.05) is 0 Å². The molecule has 2 aromatic rings. The summed E-state index contributed by atoms with van der Waals surface area (Å²) in [6.07, 6.45) is 1.87. The first-order chi connectivity index (χ1) is 8.24. The van der Waals surface area contributed by atoms with Crippen LogP contribution in [0.15, 0.2) is 41.1 Å². The second-order valence-electron chi connectivity index (χ2n) is 4.15. The smallest absolute Gasteiger partial charge is 0.123 e. The van der Waals surface area contributed by atoms with Gasteiger partial charge in [-0.15, -0.1) is 0 Å². The second-order valence-corrected chi connectivity index (χ2v) is 4.93. The van der Waals surface area contributed by atoms with Crippen molar-refractivity contribution >= 4 is 11.3 Å². The van der Waals surface area contributed by atoms with Crippen LogP contribution >= 0.6 is 11.3 Å². The molecule has 0 aliphatic rings. The van der Waals surface area contributed by atoms with Crippen LogP contribution in [-0.4, -0.2) is 11.2 Å². The SMILES string of the molecule is OC(CCc1ccsc1)Cc1ccc(F)cc1. The largest absolute Gasteiger partial charge is 0.393 e. The molecule has 0 fully saturated rings. The highest BCUT2D eigenvalue weighted by Gasteiger charge is 2.06. The Bertz CT molecular complexity index is 436. The van der Waals surface area contributed by atoms with E-state index in [-0.39, 0.29) is 11.9 Å². The van der Waals surface area contributed by atoms with Crippen LogP contribution in [0.5, 0.6) is 0 Å². The Morgan fingerprint density at radius 1 is 1.12 bits per heavy atom. The van der Waals surface area contributed by atoms with E-state index < -0.39 is 0 Å². The standard InChI is InChI=1S/C14H15FOS/c15-13-4-1-11(2-5-13)9-14(16)6-3-12-7-8-17-10-12/h1-2,4-5,7-8,10,14,16H,3,6,9H2. The predicted octanol–water partition coefficient (Wildman–Crippen LogP) is 3.42. The summed E-state index contributed by atoms with van der Waals surface area (Å²) in [5.74, 6) is -0.235. The fourth-order valence-electron chi connectivity index (χ4n) is 1.76. The van der Waals surface area contributed by atoms with Crippen molar-refractivity contribution in [2.45, 2.75) is 25.4 Å². The molecular formula is C14H15FOS. The zero-order chi connectivity index (χ0) is 12.1. The molecule has 0 aliphatic carbocycles. The lowest BCUT2D eigenvalue weighted by Crippen LogP contribution is -2.11. The van der Waals surface area contributed by atoms with Crippen LogP contribution in [0.25, 0.3) is 0 Å². The van der Waals surface area contributed by atoms with Crippen LogP contribution in [0.4, 0.5) is 4.39 Å². The van der Waals surface area contributed by atoms with E-state index in [0.717, 1.165) is 18.4 Å². The van der Waals surface area contributed by atoms with Gasteiger partial charge in [-0.3, -0.25) is 0 Å². The highest BCUT2D eigenvalue weighted by atomic mass is 32.1. The van der Waals surface area contributed by atoms with E-state index in [1.54, 1.807) is 23.5 Å². The van der Waals surface area contributed by atoms with Gasteiger partial charge in [0.15, 0.2) is 0 Å². The molecule has 1 unspecified atom stereocenters. The molecular weight excluding hydrogens is 235 g/mol. The van der Waals surface area contributed by atoms with Crippen molar-refractivity contribution in [3.05, 3.63) is 58.0 Å². The summed E-state index contributed by atoms with van der Waals surface area (Å²) >= 11 is 1.67. The third kappa shape index (κ3) is 3.95. The van der Waals surface area contributed by atoms with Gasteiger partial charge >= 0.3 is 0 Å². The number of thiophene rings is 1. The van der Waals surface area contributed by atoms with E-state index in [9.17, 15) is 9.50 Å². The van der Waals surface area contributed by atoms with E-state index in [2.05, 4.69) is 11.4 Å². The lowest BCUT2D eigenvalue weighted by molar-refractivity contribution is 0.165. The Morgan fingerprint density at radius 2 is 1.88 bits per heavy atom. The maximum atomic E-state index is 12.7. The summed E-state index contributed by atoms with van der Waals surface area (Å²) in [5.41, 5.74) is 2.25. The first kappa shape index (κ1) is 12.3. The van der Waals surface area contributed by atoms with Crippen molar-refractivity contribution in [1.82, 2.24) is 0 Å². The molecule has 0 saturated heterocycles. The van der Waals surface area contributed by atoms with Crippen LogP contribution in [0.1, 0.15) is 17.5 Å². The predicted molar refractivity (Wildman–Crippen MR) is 68.8 cm³/mol. The van der Waals surface area contributed by atoms with Crippen molar-refractivity contribution in [3.8, 4) is 0 Å². The van der Waals surface area contributed by atoms with Crippen LogP contribution in [0.2, 0.25) is 0 Å². The number of rotatable bonds is 5. The van der Waals surface area contributed by atoms with Crippen LogP contribution in [0, 0.1) is 5.82 Å². The Balaban J connectivity index is 1.80. The van der Waals surface area contributed by atoms with Gasteiger partial charge in [0.2, 0.25) is 0 Å². The lowest BCUT2D eigenvalue weighted by Gasteiger charge is -2.09. The Morgan fingerprint density at radius 3 is 2.53 bits per heavy atom. The van der Waals surface area contributed by atoms with E-state index in [0.29, 0.717) is 6.42 Å². The zero-order valence-electron chi connectivity index (χ0n) is 9.47. The van der Waals surface area contributed by atoms with Crippen LogP contribution in [-0.2, 0) is 12.8 Å². The molecule has 2 rings (SSSR count). The number of aryl methyl sites for hydroxylation is 1. The molecule has 1 aromatic heterocycles. The Kier molecular flexibility index (Phi) is 4.29. The number of aliphatic hydroxyl groups excluding tert-OH is 1. The molecule has 1 atom stereocenters. The van der Waals surface area contributed by atoms with Crippen molar-refractivity contribution in [2.75, 3.05) is 0 Å². The first-order valence-corrected chi connectivity index (χ1v) is 6.62. The normalized spacial score (nSPS) is 12.6. The lowest BCUT2D eigenvalue weighted by atomic mass is 10.0. The van der Waals surface area contributed by atoms with E-state index in [4.69, 9.17) is 0 Å². The zero-order valence-corrected chi connectivity index (χ0v) is 10.3. The fraction of sp³-hybridized carbons (Fsp3) is 0.286. The molecule has 0 aliphatic heterocycles. The molecule has 0 amide bonds. The quantitative estimate of drug-likeness (QED) is 0.862. The van der Waals surface area contributed by atoms with Gasteiger partial charge in [-0.2, -0.15) is 11.3 Å². The van der Waals surface area contributed by atoms with E-state index in [1.165, 1.54) is 17.7 Å². The fourth-order valence-corrected chi connectivity index (χ4v) is 2.47. The van der Waals surface area contributed by atoms with Crippen LogP contribution < -0.4 is 0 Å². The summed E-state index contributed by atoms with van der Waals surface area (Å²) in [4.78, 5) is 0. The van der Waals surface area contributed by atoms with Crippen molar-refractivity contribution in [1.29, 1.82) is 0 Å². The van der Waals surface area contributed by atoms with Crippen molar-refractivity contribution < 1.29 is 9.50 Å². The monoisotopic (exact) mass is 250 g/mol. The molecule has 1 N–H and O–H groups in total. The molecule has 0 bridgehead atoms. The van der Waals surface area contributed by atoms with Gasteiger partial charge in [-0.25, -0.2) is 4.39 Å². The minimum Gasteiger partial charge on any atom is -0.393 e. The van der Waals surface area contributed by atoms with Gasteiger partial charge in [0.1, 0.15) is 5.82 Å². The number of benzene rings is 1. The van der Waals surface area contributed by atoms with Gasteiger partial charge in [0.25, 0.3) is 0 Å². The maximum absolute atomic E-state index is 12.7. The Hall–Kier alpha value is -1.19. The molecule has 1 heterocycles. The number of hydrogen-bond donors (Lipinski definition) is 1. The van der Waals surface area contributed by atoms with Crippen molar-refractivity contribution in [3.63, 3.8) is 0 Å². The van der Waals surface area contributed by atoms with Crippen molar-refractivity contribution in [2.24, 2.45) is 0 Å². The molecule has 1 nitrogen and oxygen atoms in total. The topological polar surface area (TPSA) is 20.2 Å². The minimum absolute atomic E-state index is 0.235. The molecule has 17 heavy (non-hydrogen) atoms. The second kappa shape index (κ2) is 5.94. The molecule has 0 spiro atoms. The molecule has 1 aromatic carbocycles. The Labute approximate surface area is 105 Å². The van der Waals surface area contributed by atoms with Gasteiger partial charge in [0.05, 0.1) is 6.10 Å². The van der Waals surface area contributed by atoms with Crippen LogP contribution in [0.3, 0.4) is 0 Å². The highest BCUT2D eigenvalue weighted by molar-refractivity contribution is 7.07. The highest BCUT2D eigenvalue weighted by Crippen LogP contribution is 2.12. The molecule has 3 heteroatoms. The summed E-state index contributed by atoms with van der Waals surface area (Å²) in [5, 5.41) is 14.0. The number of halogens is 1. The average Bonchev–Trinajstić information content (AvgIpc) is 2.83. The summed E-state index contributed by atoms with van der Waals surface area (Å²) in [6, 6.07) is 8.39. The van der Waals surface area contributed by atoms with Gasteiger partial charge in [-0.1, -0.05) is 12.1 Å². The first-order valence-electron chi connectivity index (χ1n) is 5.67. The minimum atomic E-state index is -0.361.